The fourth-order valence-corrected chi connectivity index (χ4v) is 2.98. The van der Waals surface area contributed by atoms with Gasteiger partial charge in [0.2, 0.25) is 0 Å². The first kappa shape index (κ1) is 18.9. The zero-order valence-corrected chi connectivity index (χ0v) is 16.2. The first-order valence-corrected chi connectivity index (χ1v) is 9.21. The Bertz CT molecular complexity index is 858. The molecule has 27 heavy (non-hydrogen) atoms. The first-order chi connectivity index (χ1) is 13.0. The van der Waals surface area contributed by atoms with Crippen LogP contribution in [0.3, 0.4) is 0 Å². The standard InChI is InChI=1S/C24H27N3/c1-5-20-10-12-22(13-11-20)17-27(16-21-8-6-19(4)7-9-21)24-25-14-23(15-26-24)18(2)3/h5-15,24-25H,1-2,16-17H2,3-4H3. The second-order valence-electron chi connectivity index (χ2n) is 7.03. The van der Waals surface area contributed by atoms with Gasteiger partial charge in [0.1, 0.15) is 0 Å². The molecule has 1 N–H and O–H groups in total. The van der Waals surface area contributed by atoms with Gasteiger partial charge in [-0.3, -0.25) is 9.89 Å². The lowest BCUT2D eigenvalue weighted by molar-refractivity contribution is 0.165. The van der Waals surface area contributed by atoms with Gasteiger partial charge in [-0.1, -0.05) is 73.3 Å². The lowest BCUT2D eigenvalue weighted by atomic mass is 10.1. The molecule has 3 rings (SSSR count). The average Bonchev–Trinajstić information content (AvgIpc) is 2.70. The molecule has 138 valence electrons. The zero-order chi connectivity index (χ0) is 19.2. The van der Waals surface area contributed by atoms with Crippen molar-refractivity contribution in [2.75, 3.05) is 0 Å². The largest absolute Gasteiger partial charge is 0.357 e. The number of benzene rings is 2. The van der Waals surface area contributed by atoms with Crippen LogP contribution in [0.5, 0.6) is 0 Å². The fourth-order valence-electron chi connectivity index (χ4n) is 2.98. The number of hydrogen-bond donors (Lipinski definition) is 1. The van der Waals surface area contributed by atoms with E-state index >= 15 is 0 Å². The summed E-state index contributed by atoms with van der Waals surface area (Å²) in [7, 11) is 0. The molecule has 1 atom stereocenters. The lowest BCUT2D eigenvalue weighted by Gasteiger charge is -2.31. The van der Waals surface area contributed by atoms with Gasteiger partial charge in [-0.15, -0.1) is 0 Å². The van der Waals surface area contributed by atoms with E-state index in [1.54, 1.807) is 0 Å². The van der Waals surface area contributed by atoms with Crippen molar-refractivity contribution in [3.63, 3.8) is 0 Å². The molecule has 3 heteroatoms. The molecule has 0 saturated heterocycles. The van der Waals surface area contributed by atoms with E-state index in [1.807, 2.05) is 25.4 Å². The number of hydrogen-bond acceptors (Lipinski definition) is 3. The molecule has 1 unspecified atom stereocenters. The van der Waals surface area contributed by atoms with Crippen LogP contribution in [0, 0.1) is 6.92 Å². The van der Waals surface area contributed by atoms with Gasteiger partial charge in [0, 0.05) is 31.1 Å². The molecule has 0 radical (unpaired) electrons. The van der Waals surface area contributed by atoms with Crippen molar-refractivity contribution < 1.29 is 0 Å². The summed E-state index contributed by atoms with van der Waals surface area (Å²) in [6.07, 6.45) is 5.67. The highest BCUT2D eigenvalue weighted by molar-refractivity contribution is 5.84. The van der Waals surface area contributed by atoms with Crippen molar-refractivity contribution >= 4 is 12.3 Å². The van der Waals surface area contributed by atoms with Crippen LogP contribution < -0.4 is 5.32 Å². The van der Waals surface area contributed by atoms with E-state index in [-0.39, 0.29) is 6.29 Å². The second-order valence-corrected chi connectivity index (χ2v) is 7.03. The van der Waals surface area contributed by atoms with Crippen LogP contribution in [-0.2, 0) is 13.1 Å². The number of aliphatic imine (C=N–C) groups is 1. The number of allylic oxidation sites excluding steroid dienone is 2. The van der Waals surface area contributed by atoms with Crippen molar-refractivity contribution in [1.29, 1.82) is 0 Å². The molecular weight excluding hydrogens is 330 g/mol. The minimum absolute atomic E-state index is 0.103. The third-order valence-corrected chi connectivity index (χ3v) is 4.69. The van der Waals surface area contributed by atoms with Crippen LogP contribution in [0.2, 0.25) is 0 Å². The highest BCUT2D eigenvalue weighted by Gasteiger charge is 2.19. The van der Waals surface area contributed by atoms with Crippen LogP contribution in [-0.4, -0.2) is 17.4 Å². The molecule has 0 saturated carbocycles. The molecule has 1 aliphatic heterocycles. The topological polar surface area (TPSA) is 27.6 Å². The molecule has 0 amide bonds. The summed E-state index contributed by atoms with van der Waals surface area (Å²) in [6, 6.07) is 17.2. The summed E-state index contributed by atoms with van der Waals surface area (Å²) in [5.41, 5.74) is 6.97. The fraction of sp³-hybridized carbons (Fsp3) is 0.208. The van der Waals surface area contributed by atoms with Crippen LogP contribution in [0.1, 0.15) is 29.2 Å². The number of nitrogens with one attached hydrogen (secondary N) is 1. The number of rotatable bonds is 7. The van der Waals surface area contributed by atoms with Gasteiger partial charge in [-0.05, 0) is 36.1 Å². The molecule has 1 heterocycles. The first-order valence-electron chi connectivity index (χ1n) is 9.21. The molecule has 0 bridgehead atoms. The van der Waals surface area contributed by atoms with Crippen molar-refractivity contribution in [2.45, 2.75) is 33.2 Å². The summed E-state index contributed by atoms with van der Waals surface area (Å²) in [6.45, 7) is 13.5. The summed E-state index contributed by atoms with van der Waals surface area (Å²) < 4.78 is 0. The molecule has 1 aliphatic rings. The third kappa shape index (κ3) is 5.05. The summed E-state index contributed by atoms with van der Waals surface area (Å²) in [4.78, 5) is 7.05. The maximum atomic E-state index is 4.72. The quantitative estimate of drug-likeness (QED) is 0.750. The Labute approximate surface area is 162 Å². The Hall–Kier alpha value is -2.91. The van der Waals surface area contributed by atoms with Crippen LogP contribution in [0.25, 0.3) is 6.08 Å². The van der Waals surface area contributed by atoms with Crippen molar-refractivity contribution in [1.82, 2.24) is 10.2 Å². The van der Waals surface area contributed by atoms with Gasteiger partial charge in [0.25, 0.3) is 0 Å². The molecule has 3 nitrogen and oxygen atoms in total. The minimum Gasteiger partial charge on any atom is -0.357 e. The lowest BCUT2D eigenvalue weighted by Crippen LogP contribution is -2.43. The number of aryl methyl sites for hydroxylation is 1. The summed E-state index contributed by atoms with van der Waals surface area (Å²) >= 11 is 0. The Balaban J connectivity index is 1.79. The average molecular weight is 358 g/mol. The van der Waals surface area contributed by atoms with E-state index in [0.717, 1.165) is 29.8 Å². The highest BCUT2D eigenvalue weighted by atomic mass is 15.4. The van der Waals surface area contributed by atoms with E-state index < -0.39 is 0 Å². The predicted octanol–water partition coefficient (Wildman–Crippen LogP) is 5.06. The van der Waals surface area contributed by atoms with Crippen LogP contribution in [0.4, 0.5) is 0 Å². The zero-order valence-electron chi connectivity index (χ0n) is 16.2. The van der Waals surface area contributed by atoms with Gasteiger partial charge < -0.3 is 5.32 Å². The number of nitrogens with zero attached hydrogens (tertiary/aromatic N) is 2. The van der Waals surface area contributed by atoms with Crippen molar-refractivity contribution in [2.24, 2.45) is 4.99 Å². The Morgan fingerprint density at radius 1 is 1.07 bits per heavy atom. The predicted molar refractivity (Wildman–Crippen MR) is 115 cm³/mol. The SMILES string of the molecule is C=Cc1ccc(CN(Cc2ccc(C)cc2)C2N=CC(C(=C)C)=CN2)cc1. The summed E-state index contributed by atoms with van der Waals surface area (Å²) in [5.74, 6) is 0. The molecular formula is C24H27N3. The van der Waals surface area contributed by atoms with E-state index in [1.165, 1.54) is 16.7 Å². The van der Waals surface area contributed by atoms with Gasteiger partial charge in [-0.2, -0.15) is 0 Å². The highest BCUT2D eigenvalue weighted by Crippen LogP contribution is 2.17. The monoisotopic (exact) mass is 357 g/mol. The van der Waals surface area contributed by atoms with Crippen LogP contribution in [0.15, 0.2) is 84.0 Å². The van der Waals surface area contributed by atoms with E-state index in [4.69, 9.17) is 4.99 Å². The maximum absolute atomic E-state index is 4.72. The van der Waals surface area contributed by atoms with Crippen molar-refractivity contribution in [3.05, 3.63) is 101 Å². The third-order valence-electron chi connectivity index (χ3n) is 4.69. The Morgan fingerprint density at radius 3 is 2.15 bits per heavy atom. The van der Waals surface area contributed by atoms with E-state index in [9.17, 15) is 0 Å². The maximum Gasteiger partial charge on any atom is 0.176 e. The molecule has 0 spiro atoms. The van der Waals surface area contributed by atoms with Gasteiger partial charge >= 0.3 is 0 Å². The van der Waals surface area contributed by atoms with E-state index in [0.29, 0.717) is 0 Å². The normalized spacial score (nSPS) is 16.0. The Kier molecular flexibility index (Phi) is 6.05. The molecule has 0 aromatic heterocycles. The minimum atomic E-state index is -0.103. The van der Waals surface area contributed by atoms with Gasteiger partial charge in [0.05, 0.1) is 0 Å². The molecule has 0 aliphatic carbocycles. The molecule has 2 aromatic rings. The van der Waals surface area contributed by atoms with E-state index in [2.05, 4.69) is 78.8 Å². The van der Waals surface area contributed by atoms with Crippen LogP contribution >= 0.6 is 0 Å². The second kappa shape index (κ2) is 8.65. The smallest absolute Gasteiger partial charge is 0.176 e. The van der Waals surface area contributed by atoms with Gasteiger partial charge in [0.15, 0.2) is 6.29 Å². The molecule has 2 aromatic carbocycles. The Morgan fingerprint density at radius 2 is 1.67 bits per heavy atom. The van der Waals surface area contributed by atoms with Crippen molar-refractivity contribution in [3.8, 4) is 0 Å². The molecule has 0 fully saturated rings. The van der Waals surface area contributed by atoms with Gasteiger partial charge in [-0.25, -0.2) is 0 Å². The summed E-state index contributed by atoms with van der Waals surface area (Å²) in [5, 5.41) is 3.41.